The Hall–Kier alpha value is -4.38. The maximum atomic E-state index is 11.2. The number of nitrogens with two attached hydrogens (primary N) is 1. The second kappa shape index (κ2) is 7.46. The molecule has 0 atom stereocenters. The lowest BCUT2D eigenvalue weighted by Crippen LogP contribution is -2.11. The Morgan fingerprint density at radius 1 is 1.16 bits per heavy atom. The zero-order valence-electron chi connectivity index (χ0n) is 16.0. The van der Waals surface area contributed by atoms with Crippen LogP contribution in [0.25, 0.3) is 27.9 Å². The number of aliphatic hydroxyl groups is 1. The third-order valence-electron chi connectivity index (χ3n) is 4.64. The van der Waals surface area contributed by atoms with E-state index in [2.05, 4.69) is 25.4 Å². The summed E-state index contributed by atoms with van der Waals surface area (Å²) < 4.78 is 12.5. The number of fused-ring (bicyclic) bond motifs is 3. The van der Waals surface area contributed by atoms with Crippen molar-refractivity contribution in [2.45, 2.75) is 13.2 Å². The fourth-order valence-corrected chi connectivity index (χ4v) is 3.11. The third kappa shape index (κ3) is 3.32. The number of benzene rings is 1. The molecule has 0 fully saturated rings. The number of hydrogen-bond donors (Lipinski definition) is 2. The van der Waals surface area contributed by atoms with E-state index in [0.29, 0.717) is 40.1 Å². The molecule has 0 unspecified atom stereocenters. The first-order valence-corrected chi connectivity index (χ1v) is 9.22. The highest BCUT2D eigenvalue weighted by Gasteiger charge is 2.19. The Balaban J connectivity index is 1.56. The molecule has 0 radical (unpaired) electrons. The summed E-state index contributed by atoms with van der Waals surface area (Å²) in [7, 11) is 0. The number of ether oxygens (including phenoxy) is 1. The minimum absolute atomic E-state index is 0.123. The summed E-state index contributed by atoms with van der Waals surface area (Å²) in [4.78, 5) is 15.4. The van der Waals surface area contributed by atoms with E-state index < -0.39 is 5.91 Å². The van der Waals surface area contributed by atoms with Gasteiger partial charge in [0.1, 0.15) is 13.2 Å². The molecule has 11 nitrogen and oxygen atoms in total. The van der Waals surface area contributed by atoms with Crippen molar-refractivity contribution in [2.24, 2.45) is 5.73 Å². The average molecular weight is 417 g/mol. The van der Waals surface area contributed by atoms with Crippen molar-refractivity contribution >= 4 is 22.3 Å². The van der Waals surface area contributed by atoms with Crippen molar-refractivity contribution < 1.29 is 19.2 Å². The summed E-state index contributed by atoms with van der Waals surface area (Å²) >= 11 is 0. The van der Waals surface area contributed by atoms with Crippen LogP contribution < -0.4 is 10.5 Å². The summed E-state index contributed by atoms with van der Waals surface area (Å²) in [6.45, 7) is -0.159. The maximum Gasteiger partial charge on any atom is 0.250 e. The Morgan fingerprint density at radius 3 is 2.71 bits per heavy atom. The average Bonchev–Trinajstić information content (AvgIpc) is 3.44. The van der Waals surface area contributed by atoms with Crippen molar-refractivity contribution in [3.63, 3.8) is 0 Å². The molecule has 5 rings (SSSR count). The lowest BCUT2D eigenvalue weighted by atomic mass is 10.2. The highest BCUT2D eigenvalue weighted by Crippen LogP contribution is 2.29. The van der Waals surface area contributed by atoms with Crippen molar-refractivity contribution in [2.75, 3.05) is 0 Å². The smallest absolute Gasteiger partial charge is 0.250 e. The summed E-state index contributed by atoms with van der Waals surface area (Å²) in [6, 6.07) is 12.3. The number of amides is 1. The van der Waals surface area contributed by atoms with Crippen LogP contribution in [0.3, 0.4) is 0 Å². The largest absolute Gasteiger partial charge is 0.470 e. The van der Waals surface area contributed by atoms with Crippen molar-refractivity contribution in [3.8, 4) is 17.4 Å². The molecular formula is C20H15N7O4. The Labute approximate surface area is 174 Å². The van der Waals surface area contributed by atoms with Crippen molar-refractivity contribution in [1.82, 2.24) is 30.0 Å². The minimum atomic E-state index is -0.546. The molecular weight excluding hydrogens is 402 g/mol. The molecule has 1 amide bonds. The molecule has 3 N–H and O–H groups in total. The van der Waals surface area contributed by atoms with Gasteiger partial charge in [0.25, 0.3) is 0 Å². The van der Waals surface area contributed by atoms with Crippen LogP contribution in [0, 0.1) is 0 Å². The number of hydrogen-bond acceptors (Lipinski definition) is 9. The van der Waals surface area contributed by atoms with Gasteiger partial charge in [-0.1, -0.05) is 23.4 Å². The Kier molecular flexibility index (Phi) is 4.49. The standard InChI is InChI=1S/C20H15N7O4/c21-17(29)11-5-6-12(22-8-11)10-30-20-15-4-2-1-3-14(15)18-23-24-19(27(18)25-20)16-7-13(9-28)31-26-16/h1-8,28H,9-10H2,(H2,21,29). The van der Waals surface area contributed by atoms with E-state index in [9.17, 15) is 9.90 Å². The van der Waals surface area contributed by atoms with Crippen LogP contribution in [0.2, 0.25) is 0 Å². The summed E-state index contributed by atoms with van der Waals surface area (Å²) in [5.41, 5.74) is 7.07. The topological polar surface area (TPSA) is 155 Å². The predicted molar refractivity (Wildman–Crippen MR) is 107 cm³/mol. The molecule has 0 bridgehead atoms. The van der Waals surface area contributed by atoms with E-state index >= 15 is 0 Å². The first-order valence-electron chi connectivity index (χ1n) is 9.22. The summed E-state index contributed by atoms with van der Waals surface area (Å²) in [5, 5.41) is 27.7. The molecule has 4 heterocycles. The first kappa shape index (κ1) is 18.6. The van der Waals surface area contributed by atoms with E-state index in [1.165, 1.54) is 10.7 Å². The zero-order valence-corrected chi connectivity index (χ0v) is 16.0. The van der Waals surface area contributed by atoms with Crippen LogP contribution in [0.5, 0.6) is 5.88 Å². The maximum absolute atomic E-state index is 11.2. The molecule has 0 saturated heterocycles. The monoisotopic (exact) mass is 417 g/mol. The van der Waals surface area contributed by atoms with Crippen LogP contribution in [0.15, 0.2) is 53.2 Å². The van der Waals surface area contributed by atoms with Crippen molar-refractivity contribution in [3.05, 3.63) is 65.7 Å². The fourth-order valence-electron chi connectivity index (χ4n) is 3.11. The molecule has 0 saturated carbocycles. The van der Waals surface area contributed by atoms with E-state index in [1.807, 2.05) is 24.3 Å². The zero-order chi connectivity index (χ0) is 21.4. The van der Waals surface area contributed by atoms with E-state index in [4.69, 9.17) is 15.0 Å². The number of aromatic nitrogens is 6. The lowest BCUT2D eigenvalue weighted by molar-refractivity contribution is 0.1000. The molecule has 0 spiro atoms. The lowest BCUT2D eigenvalue weighted by Gasteiger charge is -2.09. The number of carbonyl (C=O) groups is 1. The first-order chi connectivity index (χ1) is 15.1. The molecule has 11 heteroatoms. The normalized spacial score (nSPS) is 11.3. The molecule has 0 aliphatic heterocycles. The number of pyridine rings is 1. The van der Waals surface area contributed by atoms with Gasteiger partial charge in [0.15, 0.2) is 17.1 Å². The van der Waals surface area contributed by atoms with Gasteiger partial charge < -0.3 is 20.1 Å². The van der Waals surface area contributed by atoms with Gasteiger partial charge in [0, 0.05) is 23.0 Å². The molecule has 4 aromatic heterocycles. The van der Waals surface area contributed by atoms with Crippen LogP contribution in [0.4, 0.5) is 0 Å². The number of rotatable bonds is 6. The van der Waals surface area contributed by atoms with E-state index in [-0.39, 0.29) is 13.2 Å². The van der Waals surface area contributed by atoms with Crippen LogP contribution in [-0.2, 0) is 13.2 Å². The third-order valence-corrected chi connectivity index (χ3v) is 4.64. The molecule has 5 aromatic rings. The number of nitrogens with zero attached hydrogens (tertiary/aromatic N) is 6. The summed E-state index contributed by atoms with van der Waals surface area (Å²) in [6.07, 6.45) is 1.40. The van der Waals surface area contributed by atoms with Crippen LogP contribution in [0.1, 0.15) is 21.8 Å². The van der Waals surface area contributed by atoms with Gasteiger partial charge in [-0.05, 0) is 18.2 Å². The number of aliphatic hydroxyl groups excluding tert-OH is 1. The van der Waals surface area contributed by atoms with Crippen LogP contribution >= 0.6 is 0 Å². The fraction of sp³-hybridized carbons (Fsp3) is 0.100. The second-order valence-corrected chi connectivity index (χ2v) is 6.64. The highest BCUT2D eigenvalue weighted by molar-refractivity contribution is 5.97. The molecule has 31 heavy (non-hydrogen) atoms. The Morgan fingerprint density at radius 2 is 2.00 bits per heavy atom. The molecule has 0 aliphatic carbocycles. The van der Waals surface area contributed by atoms with E-state index in [1.54, 1.807) is 18.2 Å². The van der Waals surface area contributed by atoms with Crippen molar-refractivity contribution in [1.29, 1.82) is 0 Å². The number of primary amides is 1. The molecule has 0 aliphatic rings. The van der Waals surface area contributed by atoms with Gasteiger partial charge in [0.05, 0.1) is 11.3 Å². The van der Waals surface area contributed by atoms with Gasteiger partial charge >= 0.3 is 0 Å². The SMILES string of the molecule is NC(=O)c1ccc(COc2nn3c(-c4cc(CO)on4)nnc3c3ccccc23)nc1. The second-order valence-electron chi connectivity index (χ2n) is 6.64. The van der Waals surface area contributed by atoms with Gasteiger partial charge in [-0.2, -0.15) is 4.52 Å². The molecule has 1 aromatic carbocycles. The quantitative estimate of drug-likeness (QED) is 0.418. The van der Waals surface area contributed by atoms with Gasteiger partial charge in [0.2, 0.25) is 17.6 Å². The summed E-state index contributed by atoms with van der Waals surface area (Å²) in [5.74, 6) is 0.443. The number of carbonyl (C=O) groups excluding carboxylic acids is 1. The minimum Gasteiger partial charge on any atom is -0.470 e. The Bertz CT molecular complexity index is 1410. The van der Waals surface area contributed by atoms with Gasteiger partial charge in [-0.15, -0.1) is 15.3 Å². The van der Waals surface area contributed by atoms with E-state index in [0.717, 1.165) is 10.8 Å². The van der Waals surface area contributed by atoms with Gasteiger partial charge in [-0.3, -0.25) is 9.78 Å². The molecule has 154 valence electrons. The van der Waals surface area contributed by atoms with Crippen LogP contribution in [-0.4, -0.2) is 41.0 Å². The highest BCUT2D eigenvalue weighted by atomic mass is 16.5. The predicted octanol–water partition coefficient (Wildman–Crippen LogP) is 1.50. The van der Waals surface area contributed by atoms with Gasteiger partial charge in [-0.25, -0.2) is 0 Å².